The van der Waals surface area contributed by atoms with E-state index < -0.39 is 11.6 Å². The van der Waals surface area contributed by atoms with Crippen LogP contribution in [0.3, 0.4) is 0 Å². The Morgan fingerprint density at radius 3 is 2.61 bits per heavy atom. The van der Waals surface area contributed by atoms with Crippen LogP contribution in [0.4, 0.5) is 4.79 Å². The highest BCUT2D eigenvalue weighted by molar-refractivity contribution is 6.36. The first-order valence-electron chi connectivity index (χ1n) is 6.70. The van der Waals surface area contributed by atoms with Crippen LogP contribution in [0, 0.1) is 0 Å². The summed E-state index contributed by atoms with van der Waals surface area (Å²) >= 11 is 11.9. The van der Waals surface area contributed by atoms with Crippen molar-refractivity contribution in [2.75, 3.05) is 0 Å². The molecule has 0 aliphatic carbocycles. The fraction of sp³-hybridized carbons (Fsp3) is 0.286. The summed E-state index contributed by atoms with van der Waals surface area (Å²) in [6.07, 6.45) is 0. The Balaban J connectivity index is 1.83. The van der Waals surface area contributed by atoms with Crippen molar-refractivity contribution in [1.82, 2.24) is 20.4 Å². The van der Waals surface area contributed by atoms with E-state index in [4.69, 9.17) is 27.6 Å². The van der Waals surface area contributed by atoms with Crippen LogP contribution >= 0.6 is 23.2 Å². The fourth-order valence-corrected chi connectivity index (χ4v) is 2.68. The van der Waals surface area contributed by atoms with E-state index in [0.29, 0.717) is 15.6 Å². The van der Waals surface area contributed by atoms with Gasteiger partial charge in [-0.2, -0.15) is 0 Å². The van der Waals surface area contributed by atoms with Crippen LogP contribution in [-0.4, -0.2) is 32.6 Å². The van der Waals surface area contributed by atoms with Gasteiger partial charge in [0, 0.05) is 5.02 Å². The number of hydrogen-bond donors (Lipinski definition) is 1. The van der Waals surface area contributed by atoms with E-state index in [1.54, 1.807) is 32.0 Å². The molecule has 2 heterocycles. The molecule has 0 unspecified atom stereocenters. The average molecular weight is 355 g/mol. The SMILES string of the molecule is CC1(C)NC(=O)N(Cc2nnc(-c3ccc(Cl)cc3Cl)o2)C1=O. The molecule has 1 aliphatic rings. The highest BCUT2D eigenvalue weighted by Gasteiger charge is 2.44. The topological polar surface area (TPSA) is 88.3 Å². The molecule has 0 spiro atoms. The third-order valence-electron chi connectivity index (χ3n) is 3.37. The van der Waals surface area contributed by atoms with Gasteiger partial charge in [-0.05, 0) is 32.0 Å². The van der Waals surface area contributed by atoms with Gasteiger partial charge in [0.1, 0.15) is 12.1 Å². The van der Waals surface area contributed by atoms with E-state index >= 15 is 0 Å². The molecule has 120 valence electrons. The van der Waals surface area contributed by atoms with Crippen molar-refractivity contribution in [3.63, 3.8) is 0 Å². The van der Waals surface area contributed by atoms with Crippen molar-refractivity contribution < 1.29 is 14.0 Å². The molecule has 0 bridgehead atoms. The first kappa shape index (κ1) is 15.8. The van der Waals surface area contributed by atoms with Gasteiger partial charge in [-0.25, -0.2) is 4.79 Å². The number of nitrogens with one attached hydrogen (secondary N) is 1. The lowest BCUT2D eigenvalue weighted by molar-refractivity contribution is -0.130. The van der Waals surface area contributed by atoms with Crippen molar-refractivity contribution in [3.05, 3.63) is 34.1 Å². The molecule has 2 aromatic rings. The minimum Gasteiger partial charge on any atom is -0.419 e. The lowest BCUT2D eigenvalue weighted by atomic mass is 10.1. The van der Waals surface area contributed by atoms with Crippen molar-refractivity contribution in [2.45, 2.75) is 25.9 Å². The lowest BCUT2D eigenvalue weighted by Crippen LogP contribution is -2.40. The molecule has 23 heavy (non-hydrogen) atoms. The summed E-state index contributed by atoms with van der Waals surface area (Å²) < 4.78 is 5.49. The minimum absolute atomic E-state index is 0.105. The van der Waals surface area contributed by atoms with Crippen LogP contribution in [-0.2, 0) is 11.3 Å². The molecule has 0 saturated carbocycles. The third-order valence-corrected chi connectivity index (χ3v) is 3.91. The molecule has 3 rings (SSSR count). The Hall–Kier alpha value is -2.12. The molecule has 0 radical (unpaired) electrons. The second-order valence-electron chi connectivity index (χ2n) is 5.57. The van der Waals surface area contributed by atoms with Crippen LogP contribution < -0.4 is 5.32 Å². The summed E-state index contributed by atoms with van der Waals surface area (Å²) in [6.45, 7) is 3.15. The van der Waals surface area contributed by atoms with Crippen molar-refractivity contribution >= 4 is 35.1 Å². The summed E-state index contributed by atoms with van der Waals surface area (Å²) in [6, 6.07) is 4.36. The van der Waals surface area contributed by atoms with E-state index in [1.165, 1.54) is 0 Å². The molecule has 1 aromatic heterocycles. The Morgan fingerprint density at radius 2 is 2.00 bits per heavy atom. The number of rotatable bonds is 3. The van der Waals surface area contributed by atoms with Crippen molar-refractivity contribution in [1.29, 1.82) is 0 Å². The standard InChI is InChI=1S/C14H12Cl2N4O3/c1-14(2)12(21)20(13(22)17-14)6-10-18-19-11(23-10)8-4-3-7(15)5-9(8)16/h3-5H,6H2,1-2H3,(H,17,22). The molecule has 9 heteroatoms. The van der Waals surface area contributed by atoms with Crippen LogP contribution in [0.5, 0.6) is 0 Å². The fourth-order valence-electron chi connectivity index (χ4n) is 2.19. The van der Waals surface area contributed by atoms with Crippen LogP contribution in [0.2, 0.25) is 10.0 Å². The zero-order chi connectivity index (χ0) is 16.8. The average Bonchev–Trinajstić information content (AvgIpc) is 2.98. The predicted octanol–water partition coefficient (Wildman–Crippen LogP) is 2.87. The van der Waals surface area contributed by atoms with E-state index in [1.807, 2.05) is 0 Å². The second kappa shape index (κ2) is 5.50. The zero-order valence-corrected chi connectivity index (χ0v) is 13.8. The normalized spacial score (nSPS) is 16.8. The molecule has 1 aromatic carbocycles. The summed E-state index contributed by atoms with van der Waals surface area (Å²) in [5.41, 5.74) is -0.424. The van der Waals surface area contributed by atoms with E-state index in [0.717, 1.165) is 4.90 Å². The molecular weight excluding hydrogens is 343 g/mol. The number of imide groups is 1. The zero-order valence-electron chi connectivity index (χ0n) is 12.3. The number of hydrogen-bond acceptors (Lipinski definition) is 5. The van der Waals surface area contributed by atoms with Gasteiger partial charge < -0.3 is 9.73 Å². The highest BCUT2D eigenvalue weighted by Crippen LogP contribution is 2.29. The number of aromatic nitrogens is 2. The molecule has 1 N–H and O–H groups in total. The summed E-state index contributed by atoms with van der Waals surface area (Å²) in [5.74, 6) is -0.0352. The number of carbonyl (C=O) groups excluding carboxylic acids is 2. The number of carbonyl (C=O) groups is 2. The maximum atomic E-state index is 12.1. The van der Waals surface area contributed by atoms with Crippen LogP contribution in [0.25, 0.3) is 11.5 Å². The lowest BCUT2D eigenvalue weighted by Gasteiger charge is -2.14. The number of nitrogens with zero attached hydrogens (tertiary/aromatic N) is 3. The number of urea groups is 1. The molecule has 0 atom stereocenters. The smallest absolute Gasteiger partial charge is 0.325 e. The van der Waals surface area contributed by atoms with Gasteiger partial charge in [0.15, 0.2) is 0 Å². The highest BCUT2D eigenvalue weighted by atomic mass is 35.5. The van der Waals surface area contributed by atoms with Gasteiger partial charge in [0.2, 0.25) is 11.8 Å². The van der Waals surface area contributed by atoms with Gasteiger partial charge in [0.25, 0.3) is 5.91 Å². The Bertz CT molecular complexity index is 803. The van der Waals surface area contributed by atoms with Crippen LogP contribution in [0.1, 0.15) is 19.7 Å². The minimum atomic E-state index is -0.945. The quantitative estimate of drug-likeness (QED) is 0.856. The number of amides is 3. The van der Waals surface area contributed by atoms with E-state index in [9.17, 15) is 9.59 Å². The van der Waals surface area contributed by atoms with Crippen molar-refractivity contribution in [2.24, 2.45) is 0 Å². The predicted molar refractivity (Wildman–Crippen MR) is 82.9 cm³/mol. The Morgan fingerprint density at radius 1 is 1.26 bits per heavy atom. The Kier molecular flexibility index (Phi) is 3.77. The van der Waals surface area contributed by atoms with Crippen molar-refractivity contribution in [3.8, 4) is 11.5 Å². The van der Waals surface area contributed by atoms with Gasteiger partial charge in [-0.1, -0.05) is 23.2 Å². The molecule has 1 aliphatic heterocycles. The molecule has 3 amide bonds. The van der Waals surface area contributed by atoms with Gasteiger partial charge in [0.05, 0.1) is 10.6 Å². The largest absolute Gasteiger partial charge is 0.419 e. The van der Waals surface area contributed by atoms with Gasteiger partial charge in [-0.15, -0.1) is 10.2 Å². The first-order valence-corrected chi connectivity index (χ1v) is 7.45. The number of halogens is 2. The molecular formula is C14H12Cl2N4O3. The number of benzene rings is 1. The summed E-state index contributed by atoms with van der Waals surface area (Å²) in [5, 5.41) is 11.2. The second-order valence-corrected chi connectivity index (χ2v) is 6.42. The maximum absolute atomic E-state index is 12.1. The third kappa shape index (κ3) is 2.89. The first-order chi connectivity index (χ1) is 10.8. The van der Waals surface area contributed by atoms with Gasteiger partial charge >= 0.3 is 6.03 Å². The van der Waals surface area contributed by atoms with E-state index in [2.05, 4.69) is 15.5 Å². The monoisotopic (exact) mass is 354 g/mol. The summed E-state index contributed by atoms with van der Waals surface area (Å²) in [4.78, 5) is 25.0. The van der Waals surface area contributed by atoms with Crippen LogP contribution in [0.15, 0.2) is 22.6 Å². The Labute approximate surface area is 141 Å². The van der Waals surface area contributed by atoms with Gasteiger partial charge in [-0.3, -0.25) is 9.69 Å². The maximum Gasteiger partial charge on any atom is 0.325 e. The molecule has 7 nitrogen and oxygen atoms in total. The molecule has 1 fully saturated rings. The molecule has 1 saturated heterocycles. The summed E-state index contributed by atoms with van der Waals surface area (Å²) in [7, 11) is 0. The van der Waals surface area contributed by atoms with E-state index in [-0.39, 0.29) is 24.2 Å².